The number of nitrogens with zero attached hydrogens (tertiary/aromatic N) is 3. The van der Waals surface area contributed by atoms with E-state index in [4.69, 9.17) is 4.74 Å². The van der Waals surface area contributed by atoms with E-state index in [-0.39, 0.29) is 0 Å². The van der Waals surface area contributed by atoms with E-state index in [1.165, 1.54) is 0 Å². The molecule has 0 aromatic carbocycles. The highest BCUT2D eigenvalue weighted by Gasteiger charge is 2.16. The topological polar surface area (TPSA) is 65.0 Å². The number of carbonyl (C=O) groups is 1. The van der Waals surface area contributed by atoms with Gasteiger partial charge in [-0.15, -0.1) is 0 Å². The second-order valence-electron chi connectivity index (χ2n) is 4.74. The molecule has 0 aliphatic carbocycles. The number of aromatic nitrogens is 3. The molecule has 0 amide bonds. The fourth-order valence-electron chi connectivity index (χ4n) is 2.21. The molecule has 23 heavy (non-hydrogen) atoms. The molecule has 3 aromatic rings. The molecule has 3 rings (SSSR count). The Morgan fingerprint density at radius 2 is 1.70 bits per heavy atom. The minimum atomic E-state index is -0.402. The number of rotatable bonds is 4. The quantitative estimate of drug-likeness (QED) is 0.691. The Hall–Kier alpha value is -3.08. The average Bonchev–Trinajstić information content (AvgIpc) is 2.63. The van der Waals surface area contributed by atoms with E-state index in [9.17, 15) is 4.79 Å². The van der Waals surface area contributed by atoms with Gasteiger partial charge in [0.05, 0.1) is 29.3 Å². The molecule has 5 heteroatoms. The zero-order valence-electron chi connectivity index (χ0n) is 12.6. The first-order valence-electron chi connectivity index (χ1n) is 7.30. The summed E-state index contributed by atoms with van der Waals surface area (Å²) < 4.78 is 5.09. The Kier molecular flexibility index (Phi) is 4.38. The third-order valence-electron chi connectivity index (χ3n) is 3.22. The van der Waals surface area contributed by atoms with Crippen molar-refractivity contribution >= 4 is 5.97 Å². The van der Waals surface area contributed by atoms with Crippen LogP contribution in [-0.4, -0.2) is 27.5 Å². The van der Waals surface area contributed by atoms with E-state index in [1.54, 1.807) is 31.5 Å². The Bertz CT molecular complexity index is 819. The van der Waals surface area contributed by atoms with Gasteiger partial charge in [0.2, 0.25) is 0 Å². The van der Waals surface area contributed by atoms with Gasteiger partial charge in [-0.3, -0.25) is 9.97 Å². The van der Waals surface area contributed by atoms with E-state index in [0.29, 0.717) is 23.6 Å². The van der Waals surface area contributed by atoms with Crippen LogP contribution in [0.2, 0.25) is 0 Å². The molecule has 0 radical (unpaired) electrons. The van der Waals surface area contributed by atoms with Gasteiger partial charge in [0.1, 0.15) is 5.69 Å². The van der Waals surface area contributed by atoms with Gasteiger partial charge in [-0.1, -0.05) is 12.1 Å². The average molecular weight is 305 g/mol. The Labute approximate surface area is 134 Å². The summed E-state index contributed by atoms with van der Waals surface area (Å²) in [6.07, 6.45) is 3.35. The largest absolute Gasteiger partial charge is 0.462 e. The predicted molar refractivity (Wildman–Crippen MR) is 86.7 cm³/mol. The third-order valence-corrected chi connectivity index (χ3v) is 3.22. The summed E-state index contributed by atoms with van der Waals surface area (Å²) in [5.74, 6) is -0.402. The van der Waals surface area contributed by atoms with Gasteiger partial charge in [0.15, 0.2) is 0 Å². The van der Waals surface area contributed by atoms with Crippen molar-refractivity contribution in [3.63, 3.8) is 0 Å². The Morgan fingerprint density at radius 1 is 0.913 bits per heavy atom. The third kappa shape index (κ3) is 3.23. The molecular weight excluding hydrogens is 290 g/mol. The number of carbonyl (C=O) groups excluding carboxylic acids is 1. The van der Waals surface area contributed by atoms with Crippen molar-refractivity contribution in [1.29, 1.82) is 0 Å². The summed E-state index contributed by atoms with van der Waals surface area (Å²) in [5, 5.41) is 0. The van der Waals surface area contributed by atoms with Crippen LogP contribution in [0.4, 0.5) is 0 Å². The van der Waals surface area contributed by atoms with E-state index in [0.717, 1.165) is 11.4 Å². The van der Waals surface area contributed by atoms with Gasteiger partial charge < -0.3 is 4.74 Å². The minimum Gasteiger partial charge on any atom is -0.462 e. The minimum absolute atomic E-state index is 0.314. The fourth-order valence-corrected chi connectivity index (χ4v) is 2.21. The van der Waals surface area contributed by atoms with Crippen LogP contribution in [0.3, 0.4) is 0 Å². The van der Waals surface area contributed by atoms with Crippen molar-refractivity contribution in [1.82, 2.24) is 15.0 Å². The zero-order chi connectivity index (χ0) is 16.1. The van der Waals surface area contributed by atoms with Crippen LogP contribution in [0.5, 0.6) is 0 Å². The summed E-state index contributed by atoms with van der Waals surface area (Å²) in [5.41, 5.74) is 3.01. The van der Waals surface area contributed by atoms with E-state index < -0.39 is 5.97 Å². The second-order valence-corrected chi connectivity index (χ2v) is 4.74. The van der Waals surface area contributed by atoms with Gasteiger partial charge >= 0.3 is 5.97 Å². The van der Waals surface area contributed by atoms with Crippen LogP contribution in [0.25, 0.3) is 22.8 Å². The highest BCUT2D eigenvalue weighted by Crippen LogP contribution is 2.23. The molecule has 3 aromatic heterocycles. The number of esters is 1. The van der Waals surface area contributed by atoms with E-state index >= 15 is 0 Å². The lowest BCUT2D eigenvalue weighted by Gasteiger charge is -2.08. The molecule has 0 N–H and O–H groups in total. The number of pyridine rings is 3. The summed E-state index contributed by atoms with van der Waals surface area (Å²) in [6.45, 7) is 2.09. The lowest BCUT2D eigenvalue weighted by Crippen LogP contribution is -2.08. The lowest BCUT2D eigenvalue weighted by atomic mass is 10.1. The molecule has 0 fully saturated rings. The van der Waals surface area contributed by atoms with Crippen LogP contribution in [0, 0.1) is 0 Å². The molecule has 5 nitrogen and oxygen atoms in total. The van der Waals surface area contributed by atoms with Gasteiger partial charge in [0, 0.05) is 12.4 Å². The van der Waals surface area contributed by atoms with Crippen LogP contribution in [-0.2, 0) is 4.74 Å². The summed E-state index contributed by atoms with van der Waals surface area (Å²) in [4.78, 5) is 25.3. The van der Waals surface area contributed by atoms with Gasteiger partial charge in [-0.2, -0.15) is 0 Å². The Balaban J connectivity index is 2.05. The maximum Gasteiger partial charge on any atom is 0.340 e. The van der Waals surface area contributed by atoms with Crippen molar-refractivity contribution in [2.75, 3.05) is 6.61 Å². The highest BCUT2D eigenvalue weighted by atomic mass is 16.5. The highest BCUT2D eigenvalue weighted by molar-refractivity contribution is 5.95. The fraction of sp³-hybridized carbons (Fsp3) is 0.111. The maximum absolute atomic E-state index is 12.1. The summed E-state index contributed by atoms with van der Waals surface area (Å²) >= 11 is 0. The van der Waals surface area contributed by atoms with Crippen LogP contribution in [0.15, 0.2) is 60.9 Å². The van der Waals surface area contributed by atoms with Crippen molar-refractivity contribution in [2.45, 2.75) is 6.92 Å². The standard InChI is InChI=1S/C18H15N3O2/c1-2-23-18(22)13-7-6-12-20-17(13)16-10-5-9-15(21-16)14-8-3-4-11-19-14/h3-12H,2H2,1H3. The molecule has 0 aliphatic heterocycles. The van der Waals surface area contributed by atoms with Crippen molar-refractivity contribution in [3.05, 3.63) is 66.5 Å². The monoisotopic (exact) mass is 305 g/mol. The Morgan fingerprint density at radius 3 is 2.48 bits per heavy atom. The molecule has 0 aliphatic rings. The maximum atomic E-state index is 12.1. The first-order valence-corrected chi connectivity index (χ1v) is 7.30. The lowest BCUT2D eigenvalue weighted by molar-refractivity contribution is 0.0527. The molecule has 0 bridgehead atoms. The molecule has 114 valence electrons. The first-order chi connectivity index (χ1) is 11.3. The first kappa shape index (κ1) is 14.8. The van der Waals surface area contributed by atoms with Crippen LogP contribution >= 0.6 is 0 Å². The van der Waals surface area contributed by atoms with Crippen LogP contribution < -0.4 is 0 Å². The SMILES string of the molecule is CCOC(=O)c1cccnc1-c1cccc(-c2ccccn2)n1. The molecule has 0 saturated heterocycles. The van der Waals surface area contributed by atoms with E-state index in [1.807, 2.05) is 36.4 Å². The molecular formula is C18H15N3O2. The number of ether oxygens (including phenoxy) is 1. The van der Waals surface area contributed by atoms with Crippen LogP contribution in [0.1, 0.15) is 17.3 Å². The smallest absolute Gasteiger partial charge is 0.340 e. The van der Waals surface area contributed by atoms with Gasteiger partial charge in [0.25, 0.3) is 0 Å². The van der Waals surface area contributed by atoms with Crippen molar-refractivity contribution < 1.29 is 9.53 Å². The van der Waals surface area contributed by atoms with Crippen molar-refractivity contribution in [2.24, 2.45) is 0 Å². The predicted octanol–water partition coefficient (Wildman–Crippen LogP) is 3.38. The molecule has 0 saturated carbocycles. The molecule has 0 unspecified atom stereocenters. The normalized spacial score (nSPS) is 10.3. The van der Waals surface area contributed by atoms with Gasteiger partial charge in [-0.25, -0.2) is 9.78 Å². The second kappa shape index (κ2) is 6.79. The van der Waals surface area contributed by atoms with Gasteiger partial charge in [-0.05, 0) is 43.3 Å². The van der Waals surface area contributed by atoms with E-state index in [2.05, 4.69) is 15.0 Å². The molecule has 3 heterocycles. The zero-order valence-corrected chi connectivity index (χ0v) is 12.6. The number of hydrogen-bond donors (Lipinski definition) is 0. The summed E-state index contributed by atoms with van der Waals surface area (Å²) in [7, 11) is 0. The number of hydrogen-bond acceptors (Lipinski definition) is 5. The molecule has 0 spiro atoms. The molecule has 0 atom stereocenters. The summed E-state index contributed by atoms with van der Waals surface area (Å²) in [6, 6.07) is 14.6. The van der Waals surface area contributed by atoms with Crippen molar-refractivity contribution in [3.8, 4) is 22.8 Å².